The van der Waals surface area contributed by atoms with Gasteiger partial charge >= 0.3 is 6.09 Å². The topological polar surface area (TPSA) is 86.3 Å². The summed E-state index contributed by atoms with van der Waals surface area (Å²) in [5.74, 6) is 0.142. The maximum atomic E-state index is 13.8. The van der Waals surface area contributed by atoms with E-state index in [0.29, 0.717) is 31.2 Å². The van der Waals surface area contributed by atoms with Gasteiger partial charge in [-0.1, -0.05) is 12.1 Å². The number of rotatable bonds is 6. The van der Waals surface area contributed by atoms with Crippen LogP contribution in [0.25, 0.3) is 0 Å². The molecule has 0 aromatic heterocycles. The molecule has 0 saturated carbocycles. The summed E-state index contributed by atoms with van der Waals surface area (Å²) >= 11 is 0. The van der Waals surface area contributed by atoms with Gasteiger partial charge in [-0.15, -0.1) is 24.0 Å². The van der Waals surface area contributed by atoms with E-state index >= 15 is 0 Å². The summed E-state index contributed by atoms with van der Waals surface area (Å²) in [6, 6.07) is 5.13. The molecule has 0 radical (unpaired) electrons. The molecule has 0 spiro atoms. The van der Waals surface area contributed by atoms with Gasteiger partial charge < -0.3 is 25.2 Å². The van der Waals surface area contributed by atoms with Crippen molar-refractivity contribution in [3.8, 4) is 0 Å². The minimum Gasteiger partial charge on any atom is -0.450 e. The first-order valence-corrected chi connectivity index (χ1v) is 10.2. The Morgan fingerprint density at radius 3 is 2.55 bits per heavy atom. The third-order valence-electron chi connectivity index (χ3n) is 4.92. The molecule has 31 heavy (non-hydrogen) atoms. The van der Waals surface area contributed by atoms with Crippen molar-refractivity contribution in [2.24, 2.45) is 4.99 Å². The first-order valence-electron chi connectivity index (χ1n) is 10.2. The molecule has 174 valence electrons. The maximum absolute atomic E-state index is 13.8. The Bertz CT molecular complexity index is 767. The minimum atomic E-state index is -0.291. The number of carbonyl (C=O) groups excluding carboxylic acids is 2. The van der Waals surface area contributed by atoms with E-state index in [2.05, 4.69) is 15.6 Å². The molecular formula is C21H33FIN5O3. The third kappa shape index (κ3) is 8.88. The summed E-state index contributed by atoms with van der Waals surface area (Å²) in [5.41, 5.74) is 1.33. The molecule has 1 saturated heterocycles. The molecule has 2 rings (SSSR count). The number of amides is 2. The van der Waals surface area contributed by atoms with Crippen LogP contribution in [0.2, 0.25) is 0 Å². The predicted octanol–water partition coefficient (Wildman–Crippen LogP) is 2.50. The summed E-state index contributed by atoms with van der Waals surface area (Å²) in [5, 5.41) is 6.38. The number of benzene rings is 1. The first kappa shape index (κ1) is 26.9. The largest absolute Gasteiger partial charge is 0.450 e. The van der Waals surface area contributed by atoms with Gasteiger partial charge in [0, 0.05) is 33.2 Å². The van der Waals surface area contributed by atoms with Gasteiger partial charge in [0.2, 0.25) is 5.91 Å². The van der Waals surface area contributed by atoms with Crippen molar-refractivity contribution >= 4 is 41.9 Å². The Kier molecular flexibility index (Phi) is 11.6. The minimum absolute atomic E-state index is 0. The van der Waals surface area contributed by atoms with Crippen LogP contribution in [0.5, 0.6) is 0 Å². The van der Waals surface area contributed by atoms with Crippen LogP contribution in [0.3, 0.4) is 0 Å². The Morgan fingerprint density at radius 1 is 1.29 bits per heavy atom. The highest BCUT2D eigenvalue weighted by Gasteiger charge is 2.24. The third-order valence-corrected chi connectivity index (χ3v) is 4.92. The molecule has 1 heterocycles. The molecule has 1 aliphatic heterocycles. The van der Waals surface area contributed by atoms with E-state index in [1.165, 1.54) is 11.0 Å². The number of nitrogens with one attached hydrogen (secondary N) is 2. The van der Waals surface area contributed by atoms with Gasteiger partial charge in [-0.3, -0.25) is 4.79 Å². The monoisotopic (exact) mass is 549 g/mol. The van der Waals surface area contributed by atoms with E-state index in [0.717, 1.165) is 18.4 Å². The van der Waals surface area contributed by atoms with Crippen LogP contribution in [0, 0.1) is 12.7 Å². The highest BCUT2D eigenvalue weighted by atomic mass is 127. The summed E-state index contributed by atoms with van der Waals surface area (Å²) in [6.07, 6.45) is 1.18. The molecule has 0 aliphatic carbocycles. The van der Waals surface area contributed by atoms with E-state index in [1.807, 2.05) is 6.07 Å². The zero-order chi connectivity index (χ0) is 22.1. The summed E-state index contributed by atoms with van der Waals surface area (Å²) in [7, 11) is 3.38. The number of aryl methyl sites for hydroxylation is 1. The van der Waals surface area contributed by atoms with Gasteiger partial charge in [0.05, 0.1) is 19.7 Å². The van der Waals surface area contributed by atoms with Crippen molar-refractivity contribution in [2.75, 3.05) is 40.3 Å². The number of piperidine rings is 1. The molecular weight excluding hydrogens is 516 g/mol. The standard InChI is InChI=1S/C21H32FN5O3.HI/c1-5-30-21(29)27-10-8-17(9-11-27)25-20(24-14-19(28)26(3)4)23-13-16-7-6-15(2)18(22)12-16;/h6-7,12,17H,5,8-11,13-14H2,1-4H3,(H2,23,24,25);1H. The van der Waals surface area contributed by atoms with Crippen molar-refractivity contribution in [1.82, 2.24) is 20.4 Å². The molecule has 0 bridgehead atoms. The Balaban J connectivity index is 0.00000480. The van der Waals surface area contributed by atoms with Gasteiger partial charge in [-0.05, 0) is 43.9 Å². The van der Waals surface area contributed by atoms with E-state index in [1.54, 1.807) is 38.9 Å². The van der Waals surface area contributed by atoms with Crippen molar-refractivity contribution in [1.29, 1.82) is 0 Å². The van der Waals surface area contributed by atoms with Crippen LogP contribution in [-0.2, 0) is 16.1 Å². The Labute approximate surface area is 200 Å². The number of nitrogens with zero attached hydrogens (tertiary/aromatic N) is 3. The van der Waals surface area contributed by atoms with Crippen LogP contribution >= 0.6 is 24.0 Å². The molecule has 1 aromatic carbocycles. The number of likely N-dealkylation sites (N-methyl/N-ethyl adjacent to an activating group) is 1. The molecule has 1 fully saturated rings. The molecule has 2 N–H and O–H groups in total. The fourth-order valence-electron chi connectivity index (χ4n) is 2.99. The molecule has 10 heteroatoms. The first-order chi connectivity index (χ1) is 14.3. The van der Waals surface area contributed by atoms with Crippen LogP contribution < -0.4 is 10.6 Å². The molecule has 0 atom stereocenters. The van der Waals surface area contributed by atoms with Gasteiger partial charge in [-0.2, -0.15) is 0 Å². The summed E-state index contributed by atoms with van der Waals surface area (Å²) in [6.45, 7) is 5.42. The average molecular weight is 549 g/mol. The lowest BCUT2D eigenvalue weighted by Gasteiger charge is -2.32. The average Bonchev–Trinajstić information content (AvgIpc) is 2.72. The number of hydrogen-bond donors (Lipinski definition) is 2. The van der Waals surface area contributed by atoms with Crippen LogP contribution in [0.15, 0.2) is 23.2 Å². The summed E-state index contributed by atoms with van der Waals surface area (Å²) in [4.78, 5) is 31.5. The number of halogens is 2. The predicted molar refractivity (Wildman–Crippen MR) is 129 cm³/mol. The number of hydrogen-bond acceptors (Lipinski definition) is 4. The molecule has 1 aromatic rings. The lowest BCUT2D eigenvalue weighted by molar-refractivity contribution is -0.127. The number of ether oxygens (including phenoxy) is 1. The maximum Gasteiger partial charge on any atom is 0.409 e. The number of guanidine groups is 1. The fourth-order valence-corrected chi connectivity index (χ4v) is 2.99. The SMILES string of the molecule is CCOC(=O)N1CCC(NC(=NCc2ccc(C)c(F)c2)NCC(=O)N(C)C)CC1.I. The van der Waals surface area contributed by atoms with Gasteiger partial charge in [-0.25, -0.2) is 14.2 Å². The second kappa shape index (κ2) is 13.3. The number of likely N-dealkylation sites (tertiary alicyclic amines) is 1. The quantitative estimate of drug-likeness (QED) is 0.324. The lowest BCUT2D eigenvalue weighted by atomic mass is 10.1. The van der Waals surface area contributed by atoms with Crippen LogP contribution in [-0.4, -0.2) is 74.1 Å². The fraction of sp³-hybridized carbons (Fsp3) is 0.571. The zero-order valence-corrected chi connectivity index (χ0v) is 20.9. The van der Waals surface area contributed by atoms with Gasteiger partial charge in [0.25, 0.3) is 0 Å². The second-order valence-corrected chi connectivity index (χ2v) is 7.49. The van der Waals surface area contributed by atoms with Gasteiger partial charge in [0.1, 0.15) is 5.82 Å². The number of carbonyl (C=O) groups is 2. The van der Waals surface area contributed by atoms with Crippen molar-refractivity contribution in [3.05, 3.63) is 35.1 Å². The molecule has 2 amide bonds. The molecule has 1 aliphatic rings. The smallest absolute Gasteiger partial charge is 0.409 e. The highest BCUT2D eigenvalue weighted by molar-refractivity contribution is 14.0. The zero-order valence-electron chi connectivity index (χ0n) is 18.6. The highest BCUT2D eigenvalue weighted by Crippen LogP contribution is 2.12. The van der Waals surface area contributed by atoms with Gasteiger partial charge in [0.15, 0.2) is 5.96 Å². The van der Waals surface area contributed by atoms with Crippen molar-refractivity contribution < 1.29 is 18.7 Å². The Hall–Kier alpha value is -2.11. The van der Waals surface area contributed by atoms with E-state index in [-0.39, 0.29) is 60.9 Å². The van der Waals surface area contributed by atoms with E-state index in [9.17, 15) is 14.0 Å². The van der Waals surface area contributed by atoms with Crippen LogP contribution in [0.1, 0.15) is 30.9 Å². The molecule has 8 nitrogen and oxygen atoms in total. The molecule has 0 unspecified atom stereocenters. The summed E-state index contributed by atoms with van der Waals surface area (Å²) < 4.78 is 18.9. The Morgan fingerprint density at radius 2 is 1.97 bits per heavy atom. The number of aliphatic imine (C=N–C) groups is 1. The second-order valence-electron chi connectivity index (χ2n) is 7.49. The van der Waals surface area contributed by atoms with Crippen molar-refractivity contribution in [2.45, 2.75) is 39.3 Å². The van der Waals surface area contributed by atoms with Crippen LogP contribution in [0.4, 0.5) is 9.18 Å². The van der Waals surface area contributed by atoms with E-state index in [4.69, 9.17) is 4.74 Å². The lowest BCUT2D eigenvalue weighted by Crippen LogP contribution is -2.51. The normalized spacial score (nSPS) is 14.5. The van der Waals surface area contributed by atoms with E-state index < -0.39 is 0 Å². The van der Waals surface area contributed by atoms with Crippen molar-refractivity contribution in [3.63, 3.8) is 0 Å².